The van der Waals surface area contributed by atoms with Crippen molar-refractivity contribution in [2.24, 2.45) is 0 Å². The summed E-state index contributed by atoms with van der Waals surface area (Å²) in [5, 5.41) is 3.67. The van der Waals surface area contributed by atoms with Crippen molar-refractivity contribution in [3.05, 3.63) is 65.2 Å². The molecule has 2 aromatic carbocycles. The van der Waals surface area contributed by atoms with E-state index in [0.29, 0.717) is 6.04 Å². The summed E-state index contributed by atoms with van der Waals surface area (Å²) in [5.41, 5.74) is 3.99. The van der Waals surface area contributed by atoms with Gasteiger partial charge in [-0.1, -0.05) is 48.0 Å². The molecule has 2 aromatic rings. The van der Waals surface area contributed by atoms with Crippen molar-refractivity contribution in [2.45, 2.75) is 25.8 Å². The Kier molecular flexibility index (Phi) is 4.03. The molecule has 0 fully saturated rings. The highest BCUT2D eigenvalue weighted by Gasteiger charge is 2.20. The third-order valence-electron chi connectivity index (χ3n) is 3.85. The maximum Gasteiger partial charge on any atom is 0.124 e. The van der Waals surface area contributed by atoms with Gasteiger partial charge < -0.3 is 10.1 Å². The lowest BCUT2D eigenvalue weighted by molar-refractivity contribution is 0.253. The second kappa shape index (κ2) is 6.10. The molecule has 0 bridgehead atoms. The average molecular weight is 267 g/mol. The Hall–Kier alpha value is -1.80. The fourth-order valence-electron chi connectivity index (χ4n) is 2.76. The standard InChI is InChI=1S/C18H21NO/c1-14-7-8-18-16(13-14)17(10-12-20-18)19-11-9-15-5-3-2-4-6-15/h2-8,13,17,19H,9-12H2,1H3. The van der Waals surface area contributed by atoms with E-state index < -0.39 is 0 Å². The van der Waals surface area contributed by atoms with E-state index >= 15 is 0 Å². The number of fused-ring (bicyclic) bond motifs is 1. The van der Waals surface area contributed by atoms with E-state index in [0.717, 1.165) is 31.7 Å². The molecule has 1 aliphatic rings. The molecule has 1 heterocycles. The van der Waals surface area contributed by atoms with Gasteiger partial charge in [-0.2, -0.15) is 0 Å². The molecule has 1 N–H and O–H groups in total. The Morgan fingerprint density at radius 1 is 1.15 bits per heavy atom. The third-order valence-corrected chi connectivity index (χ3v) is 3.85. The van der Waals surface area contributed by atoms with Gasteiger partial charge in [-0.3, -0.25) is 0 Å². The van der Waals surface area contributed by atoms with E-state index in [1.807, 2.05) is 0 Å². The van der Waals surface area contributed by atoms with Crippen LogP contribution < -0.4 is 10.1 Å². The SMILES string of the molecule is Cc1ccc2c(c1)C(NCCc1ccccc1)CCO2. The van der Waals surface area contributed by atoms with Crippen LogP contribution >= 0.6 is 0 Å². The van der Waals surface area contributed by atoms with Gasteiger partial charge in [-0.25, -0.2) is 0 Å². The number of hydrogen-bond acceptors (Lipinski definition) is 2. The zero-order valence-corrected chi connectivity index (χ0v) is 11.9. The highest BCUT2D eigenvalue weighted by atomic mass is 16.5. The van der Waals surface area contributed by atoms with Gasteiger partial charge in [0.25, 0.3) is 0 Å². The normalized spacial score (nSPS) is 17.4. The van der Waals surface area contributed by atoms with Crippen molar-refractivity contribution in [2.75, 3.05) is 13.2 Å². The van der Waals surface area contributed by atoms with Crippen molar-refractivity contribution in [1.82, 2.24) is 5.32 Å². The van der Waals surface area contributed by atoms with Gasteiger partial charge in [0.15, 0.2) is 0 Å². The lowest BCUT2D eigenvalue weighted by atomic mass is 9.98. The molecule has 0 radical (unpaired) electrons. The van der Waals surface area contributed by atoms with Gasteiger partial charge in [0.05, 0.1) is 6.61 Å². The van der Waals surface area contributed by atoms with Crippen LogP contribution in [-0.2, 0) is 6.42 Å². The van der Waals surface area contributed by atoms with E-state index in [1.54, 1.807) is 0 Å². The van der Waals surface area contributed by atoms with E-state index in [1.165, 1.54) is 16.7 Å². The topological polar surface area (TPSA) is 21.3 Å². The number of hydrogen-bond donors (Lipinski definition) is 1. The van der Waals surface area contributed by atoms with Crippen molar-refractivity contribution in [1.29, 1.82) is 0 Å². The molecule has 2 heteroatoms. The van der Waals surface area contributed by atoms with Crippen LogP contribution in [0.3, 0.4) is 0 Å². The van der Waals surface area contributed by atoms with Crippen molar-refractivity contribution < 1.29 is 4.74 Å². The first kappa shape index (κ1) is 13.2. The van der Waals surface area contributed by atoms with Crippen molar-refractivity contribution in [3.63, 3.8) is 0 Å². The second-order valence-electron chi connectivity index (χ2n) is 5.42. The molecule has 0 saturated heterocycles. The fourth-order valence-corrected chi connectivity index (χ4v) is 2.76. The van der Waals surface area contributed by atoms with Crippen LogP contribution in [0, 0.1) is 6.92 Å². The molecule has 20 heavy (non-hydrogen) atoms. The van der Waals surface area contributed by atoms with Gasteiger partial charge in [-0.15, -0.1) is 0 Å². The zero-order chi connectivity index (χ0) is 13.8. The number of rotatable bonds is 4. The van der Waals surface area contributed by atoms with Crippen LogP contribution in [0.5, 0.6) is 5.75 Å². The third kappa shape index (κ3) is 3.02. The molecule has 0 aromatic heterocycles. The van der Waals surface area contributed by atoms with E-state index in [2.05, 4.69) is 60.8 Å². The van der Waals surface area contributed by atoms with Crippen LogP contribution in [0.4, 0.5) is 0 Å². The van der Waals surface area contributed by atoms with Crippen LogP contribution in [0.1, 0.15) is 29.2 Å². The Bertz CT molecular complexity index is 565. The Morgan fingerprint density at radius 3 is 2.85 bits per heavy atom. The molecule has 0 amide bonds. The summed E-state index contributed by atoms with van der Waals surface area (Å²) in [6.45, 7) is 3.94. The first-order valence-corrected chi connectivity index (χ1v) is 7.33. The Balaban J connectivity index is 1.63. The second-order valence-corrected chi connectivity index (χ2v) is 5.42. The lowest BCUT2D eigenvalue weighted by Gasteiger charge is -2.27. The van der Waals surface area contributed by atoms with Gasteiger partial charge in [0, 0.05) is 18.0 Å². The molecule has 1 atom stereocenters. The smallest absolute Gasteiger partial charge is 0.124 e. The summed E-state index contributed by atoms with van der Waals surface area (Å²) in [7, 11) is 0. The van der Waals surface area contributed by atoms with E-state index in [-0.39, 0.29) is 0 Å². The number of benzene rings is 2. The van der Waals surface area contributed by atoms with Gasteiger partial charge in [0.1, 0.15) is 5.75 Å². The van der Waals surface area contributed by atoms with Crippen LogP contribution in [-0.4, -0.2) is 13.2 Å². The van der Waals surface area contributed by atoms with Crippen LogP contribution in [0.25, 0.3) is 0 Å². The molecule has 0 spiro atoms. The van der Waals surface area contributed by atoms with E-state index in [4.69, 9.17) is 4.74 Å². The summed E-state index contributed by atoms with van der Waals surface area (Å²) in [6, 6.07) is 17.5. The quantitative estimate of drug-likeness (QED) is 0.913. The lowest BCUT2D eigenvalue weighted by Crippen LogP contribution is -2.28. The summed E-state index contributed by atoms with van der Waals surface area (Å²) in [4.78, 5) is 0. The number of nitrogens with one attached hydrogen (secondary N) is 1. The average Bonchev–Trinajstić information content (AvgIpc) is 2.49. The number of aryl methyl sites for hydroxylation is 1. The molecule has 1 aliphatic heterocycles. The minimum atomic E-state index is 0.419. The Morgan fingerprint density at radius 2 is 2.00 bits per heavy atom. The van der Waals surface area contributed by atoms with Gasteiger partial charge in [-0.05, 0) is 31.5 Å². The Labute approximate surface area is 120 Å². The fraction of sp³-hybridized carbons (Fsp3) is 0.333. The van der Waals surface area contributed by atoms with Gasteiger partial charge >= 0.3 is 0 Å². The molecule has 3 rings (SSSR count). The maximum absolute atomic E-state index is 5.73. The maximum atomic E-state index is 5.73. The van der Waals surface area contributed by atoms with Crippen molar-refractivity contribution >= 4 is 0 Å². The highest BCUT2D eigenvalue weighted by molar-refractivity contribution is 5.40. The summed E-state index contributed by atoms with van der Waals surface area (Å²) < 4.78 is 5.73. The first-order valence-electron chi connectivity index (χ1n) is 7.33. The largest absolute Gasteiger partial charge is 0.493 e. The molecular formula is C18H21NO. The minimum absolute atomic E-state index is 0.419. The predicted octanol–water partition coefficient (Wildman–Crippen LogP) is 3.65. The zero-order valence-electron chi connectivity index (χ0n) is 11.9. The number of ether oxygens (including phenoxy) is 1. The predicted molar refractivity (Wildman–Crippen MR) is 82.2 cm³/mol. The first-order chi connectivity index (χ1) is 9.83. The van der Waals surface area contributed by atoms with Crippen LogP contribution in [0.2, 0.25) is 0 Å². The molecule has 2 nitrogen and oxygen atoms in total. The minimum Gasteiger partial charge on any atom is -0.493 e. The molecular weight excluding hydrogens is 246 g/mol. The molecule has 1 unspecified atom stereocenters. The monoisotopic (exact) mass is 267 g/mol. The van der Waals surface area contributed by atoms with Crippen molar-refractivity contribution in [3.8, 4) is 5.75 Å². The summed E-state index contributed by atoms with van der Waals surface area (Å²) in [6.07, 6.45) is 2.12. The summed E-state index contributed by atoms with van der Waals surface area (Å²) in [5.74, 6) is 1.04. The van der Waals surface area contributed by atoms with E-state index in [9.17, 15) is 0 Å². The van der Waals surface area contributed by atoms with Gasteiger partial charge in [0.2, 0.25) is 0 Å². The van der Waals surface area contributed by atoms with Crippen LogP contribution in [0.15, 0.2) is 48.5 Å². The molecule has 0 saturated carbocycles. The summed E-state index contributed by atoms with van der Waals surface area (Å²) >= 11 is 0. The molecule has 0 aliphatic carbocycles. The highest BCUT2D eigenvalue weighted by Crippen LogP contribution is 2.32. The molecule has 104 valence electrons.